The van der Waals surface area contributed by atoms with Crippen LogP contribution < -0.4 is 10.2 Å². The summed E-state index contributed by atoms with van der Waals surface area (Å²) in [5.74, 6) is 0.771. The topological polar surface area (TPSA) is 61.4 Å². The van der Waals surface area contributed by atoms with Gasteiger partial charge in [0.1, 0.15) is 5.82 Å². The first kappa shape index (κ1) is 21.9. The number of hydrogen-bond donors (Lipinski definition) is 1. The molecular weight excluding hydrogens is 394 g/mol. The van der Waals surface area contributed by atoms with E-state index in [0.29, 0.717) is 19.5 Å². The monoisotopic (exact) mass is 423 g/mol. The molecule has 7 heteroatoms. The van der Waals surface area contributed by atoms with Gasteiger partial charge < -0.3 is 15.1 Å². The summed E-state index contributed by atoms with van der Waals surface area (Å²) >= 11 is 1.35. The Balaban J connectivity index is 1.70. The summed E-state index contributed by atoms with van der Waals surface area (Å²) in [5.41, 5.74) is 3.55. The number of rotatable bonds is 10. The highest BCUT2D eigenvalue weighted by Crippen LogP contribution is 2.21. The minimum absolute atomic E-state index is 0.0111. The van der Waals surface area contributed by atoms with Crippen LogP contribution in [0.2, 0.25) is 0 Å². The second kappa shape index (κ2) is 10.8. The molecule has 0 spiro atoms. The van der Waals surface area contributed by atoms with Crippen LogP contribution >= 0.6 is 11.5 Å². The van der Waals surface area contributed by atoms with Gasteiger partial charge in [-0.25, -0.2) is 4.98 Å². The predicted octanol–water partition coefficient (Wildman–Crippen LogP) is 3.12. The van der Waals surface area contributed by atoms with E-state index >= 15 is 0 Å². The first-order valence-electron chi connectivity index (χ1n) is 10.1. The summed E-state index contributed by atoms with van der Waals surface area (Å²) in [4.78, 5) is 21.3. The van der Waals surface area contributed by atoms with E-state index in [0.717, 1.165) is 23.1 Å². The molecule has 0 unspecified atom stereocenters. The van der Waals surface area contributed by atoms with E-state index in [1.54, 1.807) is 0 Å². The number of nitrogens with one attached hydrogen (secondary N) is 1. The second-order valence-electron chi connectivity index (χ2n) is 7.65. The second-order valence-corrected chi connectivity index (χ2v) is 8.38. The number of carbonyl (C=O) groups is 1. The van der Waals surface area contributed by atoms with Crippen molar-refractivity contribution >= 4 is 22.6 Å². The number of amides is 1. The summed E-state index contributed by atoms with van der Waals surface area (Å²) in [6, 6.07) is 18.5. The smallest absolute Gasteiger partial charge is 0.239 e. The van der Waals surface area contributed by atoms with Gasteiger partial charge in [-0.15, -0.1) is 0 Å². The molecule has 1 heterocycles. The van der Waals surface area contributed by atoms with Crippen molar-refractivity contribution in [3.63, 3.8) is 0 Å². The van der Waals surface area contributed by atoms with Gasteiger partial charge in [0, 0.05) is 37.6 Å². The van der Waals surface area contributed by atoms with E-state index in [4.69, 9.17) is 4.98 Å². The Labute approximate surface area is 182 Å². The lowest BCUT2D eigenvalue weighted by Crippen LogP contribution is -2.39. The van der Waals surface area contributed by atoms with Crippen LogP contribution in [0.15, 0.2) is 54.6 Å². The van der Waals surface area contributed by atoms with Gasteiger partial charge in [0.2, 0.25) is 11.0 Å². The van der Waals surface area contributed by atoms with Crippen molar-refractivity contribution in [1.82, 2.24) is 19.6 Å². The number of hydrogen-bond acceptors (Lipinski definition) is 6. The zero-order valence-electron chi connectivity index (χ0n) is 17.8. The third-order valence-corrected chi connectivity index (χ3v) is 5.46. The van der Waals surface area contributed by atoms with Crippen LogP contribution in [0.3, 0.4) is 0 Å². The molecule has 0 bridgehead atoms. The maximum absolute atomic E-state index is 12.5. The van der Waals surface area contributed by atoms with Gasteiger partial charge in [0.25, 0.3) is 0 Å². The van der Waals surface area contributed by atoms with Crippen molar-refractivity contribution in [1.29, 1.82) is 0 Å². The Hall–Kier alpha value is -2.77. The minimum Gasteiger partial charge on any atom is -0.353 e. The number of anilines is 1. The Kier molecular flexibility index (Phi) is 7.93. The lowest BCUT2D eigenvalue weighted by Gasteiger charge is -2.21. The Morgan fingerprint density at radius 1 is 1.03 bits per heavy atom. The number of carbonyl (C=O) groups excluding carboxylic acids is 1. The number of likely N-dealkylation sites (N-methyl/N-ethyl adjacent to an activating group) is 1. The maximum atomic E-state index is 12.5. The van der Waals surface area contributed by atoms with Crippen LogP contribution in [0.5, 0.6) is 0 Å². The zero-order valence-corrected chi connectivity index (χ0v) is 18.7. The third-order valence-electron chi connectivity index (χ3n) is 4.64. The predicted molar refractivity (Wildman–Crippen MR) is 123 cm³/mol. The van der Waals surface area contributed by atoms with Crippen molar-refractivity contribution < 1.29 is 4.79 Å². The number of aryl methyl sites for hydroxylation is 1. The fraction of sp³-hybridized carbons (Fsp3) is 0.348. The van der Waals surface area contributed by atoms with Gasteiger partial charge in [-0.05, 0) is 32.1 Å². The molecule has 0 saturated carbocycles. The largest absolute Gasteiger partial charge is 0.353 e. The molecule has 0 aliphatic carbocycles. The van der Waals surface area contributed by atoms with Crippen molar-refractivity contribution in [3.8, 4) is 0 Å². The SMILES string of the molecule is Cc1ccc(Cc2nsc(N(CC(=O)NCCN(C)C)Cc3ccccc3)n2)cc1. The third kappa shape index (κ3) is 6.93. The van der Waals surface area contributed by atoms with Gasteiger partial charge >= 0.3 is 0 Å². The van der Waals surface area contributed by atoms with Crippen molar-refractivity contribution in [3.05, 3.63) is 77.1 Å². The molecule has 0 fully saturated rings. The first-order valence-corrected chi connectivity index (χ1v) is 10.9. The molecule has 0 aliphatic heterocycles. The fourth-order valence-electron chi connectivity index (χ4n) is 2.98. The molecule has 2 aromatic carbocycles. The van der Waals surface area contributed by atoms with Crippen LogP contribution in [-0.4, -0.2) is 53.9 Å². The minimum atomic E-state index is -0.0111. The molecule has 0 saturated heterocycles. The summed E-state index contributed by atoms with van der Waals surface area (Å²) < 4.78 is 4.54. The van der Waals surface area contributed by atoms with Crippen molar-refractivity contribution in [2.75, 3.05) is 38.6 Å². The molecular formula is C23H29N5OS. The zero-order chi connectivity index (χ0) is 21.3. The van der Waals surface area contributed by atoms with Crippen LogP contribution in [-0.2, 0) is 17.8 Å². The standard InChI is InChI=1S/C23H29N5OS/c1-18-9-11-19(12-10-18)15-21-25-23(30-26-21)28(16-20-7-5-4-6-8-20)17-22(29)24-13-14-27(2)3/h4-12H,13-17H2,1-3H3,(H,24,29). The molecule has 158 valence electrons. The molecule has 0 radical (unpaired) electrons. The quantitative estimate of drug-likeness (QED) is 0.543. The fourth-order valence-corrected chi connectivity index (χ4v) is 3.66. The molecule has 3 aromatic rings. The number of aromatic nitrogens is 2. The number of nitrogens with zero attached hydrogens (tertiary/aromatic N) is 4. The Morgan fingerprint density at radius 2 is 1.77 bits per heavy atom. The van der Waals surface area contributed by atoms with Crippen molar-refractivity contribution in [2.24, 2.45) is 0 Å². The lowest BCUT2D eigenvalue weighted by atomic mass is 10.1. The van der Waals surface area contributed by atoms with E-state index in [2.05, 4.69) is 53.0 Å². The van der Waals surface area contributed by atoms with E-state index < -0.39 is 0 Å². The molecule has 3 rings (SSSR count). The van der Waals surface area contributed by atoms with Crippen LogP contribution in [0, 0.1) is 6.92 Å². The molecule has 1 aromatic heterocycles. The highest BCUT2D eigenvalue weighted by atomic mass is 32.1. The van der Waals surface area contributed by atoms with Gasteiger partial charge in [-0.3, -0.25) is 4.79 Å². The van der Waals surface area contributed by atoms with Gasteiger partial charge in [0.05, 0.1) is 6.54 Å². The first-order chi connectivity index (χ1) is 14.5. The summed E-state index contributed by atoms with van der Waals surface area (Å²) in [6.07, 6.45) is 0.686. The average Bonchev–Trinajstić information content (AvgIpc) is 3.18. The summed E-state index contributed by atoms with van der Waals surface area (Å²) in [5, 5.41) is 3.75. The van der Waals surface area contributed by atoms with Crippen LogP contribution in [0.25, 0.3) is 0 Å². The highest BCUT2D eigenvalue weighted by Gasteiger charge is 2.17. The molecule has 0 aliphatic rings. The van der Waals surface area contributed by atoms with Gasteiger partial charge in [0.15, 0.2) is 0 Å². The van der Waals surface area contributed by atoms with E-state index in [9.17, 15) is 4.79 Å². The van der Waals surface area contributed by atoms with Crippen LogP contribution in [0.1, 0.15) is 22.5 Å². The molecule has 1 amide bonds. The molecule has 6 nitrogen and oxygen atoms in total. The summed E-state index contributed by atoms with van der Waals surface area (Å²) in [7, 11) is 3.98. The van der Waals surface area contributed by atoms with E-state index in [1.165, 1.54) is 22.7 Å². The van der Waals surface area contributed by atoms with E-state index in [1.807, 2.05) is 42.1 Å². The van der Waals surface area contributed by atoms with Gasteiger partial charge in [-0.2, -0.15) is 4.37 Å². The van der Waals surface area contributed by atoms with Crippen molar-refractivity contribution in [2.45, 2.75) is 19.9 Å². The molecule has 30 heavy (non-hydrogen) atoms. The molecule has 1 N–H and O–H groups in total. The lowest BCUT2D eigenvalue weighted by molar-refractivity contribution is -0.119. The average molecular weight is 424 g/mol. The van der Waals surface area contributed by atoms with Crippen LogP contribution in [0.4, 0.5) is 5.13 Å². The van der Waals surface area contributed by atoms with Gasteiger partial charge in [-0.1, -0.05) is 60.2 Å². The maximum Gasteiger partial charge on any atom is 0.239 e. The molecule has 0 atom stereocenters. The van der Waals surface area contributed by atoms with E-state index in [-0.39, 0.29) is 12.5 Å². The highest BCUT2D eigenvalue weighted by molar-refractivity contribution is 7.09. The summed E-state index contributed by atoms with van der Waals surface area (Å²) in [6.45, 7) is 4.38. The normalized spacial score (nSPS) is 10.9. The Bertz CT molecular complexity index is 924. The number of benzene rings is 2. The Morgan fingerprint density at radius 3 is 2.47 bits per heavy atom.